The second kappa shape index (κ2) is 3.32. The Bertz CT molecular complexity index is 394. The molecule has 0 fully saturated rings. The minimum absolute atomic E-state index is 0.659. The number of nitrogens with zero attached hydrogens (tertiary/aromatic N) is 1. The molecule has 1 heterocycles. The first-order valence-corrected chi connectivity index (χ1v) is 6.60. The van der Waals surface area contributed by atoms with E-state index < -0.39 is 0 Å². The van der Waals surface area contributed by atoms with Gasteiger partial charge in [-0.05, 0) is 47.3 Å². The Morgan fingerprint density at radius 1 is 0.938 bits per heavy atom. The van der Waals surface area contributed by atoms with Gasteiger partial charge >= 0.3 is 0 Å². The zero-order valence-corrected chi connectivity index (χ0v) is 10.7. The van der Waals surface area contributed by atoms with Gasteiger partial charge in [0.25, 0.3) is 0 Å². The largest absolute Gasteiger partial charge is 0.260 e. The van der Waals surface area contributed by atoms with Crippen molar-refractivity contribution in [3.8, 4) is 0 Å². The van der Waals surface area contributed by atoms with Crippen LogP contribution in [0.1, 0.15) is 61.9 Å². The smallest absolute Gasteiger partial charge is 0.0469 e. The Hall–Kier alpha value is -0.850. The zero-order valence-electron chi connectivity index (χ0n) is 10.7. The van der Waals surface area contributed by atoms with Crippen molar-refractivity contribution >= 4 is 0 Å². The van der Waals surface area contributed by atoms with Crippen molar-refractivity contribution in [2.24, 2.45) is 11.8 Å². The minimum Gasteiger partial charge on any atom is -0.260 e. The highest BCUT2D eigenvalue weighted by atomic mass is 14.7. The normalized spacial score (nSPS) is 36.2. The van der Waals surface area contributed by atoms with Crippen LogP contribution in [-0.4, -0.2) is 4.98 Å². The summed E-state index contributed by atoms with van der Waals surface area (Å²) in [5, 5.41) is 0. The van der Waals surface area contributed by atoms with Crippen LogP contribution in [-0.2, 0) is 12.8 Å². The second-order valence-corrected chi connectivity index (χ2v) is 6.00. The van der Waals surface area contributed by atoms with Gasteiger partial charge in [-0.3, -0.25) is 4.98 Å². The highest BCUT2D eigenvalue weighted by molar-refractivity contribution is 5.46. The van der Waals surface area contributed by atoms with Gasteiger partial charge in [0, 0.05) is 17.8 Å². The van der Waals surface area contributed by atoms with E-state index in [1.165, 1.54) is 24.1 Å². The molecule has 0 N–H and O–H groups in total. The van der Waals surface area contributed by atoms with Gasteiger partial charge in [-0.15, -0.1) is 0 Å². The molecule has 0 unspecified atom stereocenters. The highest BCUT2D eigenvalue weighted by Crippen LogP contribution is 2.45. The van der Waals surface area contributed by atoms with Crippen molar-refractivity contribution in [2.75, 3.05) is 0 Å². The third-order valence-corrected chi connectivity index (χ3v) is 5.05. The van der Waals surface area contributed by atoms with Crippen LogP contribution < -0.4 is 0 Å². The Kier molecular flexibility index (Phi) is 2.14. The Labute approximate surface area is 98.3 Å². The van der Waals surface area contributed by atoms with E-state index in [1.807, 2.05) is 0 Å². The molecule has 0 saturated heterocycles. The summed E-state index contributed by atoms with van der Waals surface area (Å²) in [6.07, 6.45) is 4.70. The topological polar surface area (TPSA) is 12.9 Å². The summed E-state index contributed by atoms with van der Waals surface area (Å²) in [5.41, 5.74) is 6.19. The van der Waals surface area contributed by atoms with Crippen molar-refractivity contribution < 1.29 is 0 Å². The maximum atomic E-state index is 4.75. The van der Waals surface area contributed by atoms with Crippen LogP contribution in [0.15, 0.2) is 6.20 Å². The van der Waals surface area contributed by atoms with Gasteiger partial charge in [-0.1, -0.05) is 27.7 Å². The maximum Gasteiger partial charge on any atom is 0.0469 e. The molecular formula is C15H21N. The van der Waals surface area contributed by atoms with Crippen LogP contribution in [0.25, 0.3) is 0 Å². The molecule has 0 saturated carbocycles. The van der Waals surface area contributed by atoms with E-state index in [0.29, 0.717) is 11.8 Å². The molecule has 3 rings (SSSR count). The number of aromatic nitrogens is 1. The van der Waals surface area contributed by atoms with E-state index >= 15 is 0 Å². The molecule has 16 heavy (non-hydrogen) atoms. The average molecular weight is 215 g/mol. The lowest BCUT2D eigenvalue weighted by atomic mass is 9.97. The minimum atomic E-state index is 0.659. The first-order valence-electron chi connectivity index (χ1n) is 6.60. The van der Waals surface area contributed by atoms with Gasteiger partial charge in [-0.2, -0.15) is 0 Å². The molecule has 0 radical (unpaired) electrons. The molecule has 0 aliphatic heterocycles. The Morgan fingerprint density at radius 2 is 1.56 bits per heavy atom. The van der Waals surface area contributed by atoms with Gasteiger partial charge in [0.1, 0.15) is 0 Å². The summed E-state index contributed by atoms with van der Waals surface area (Å²) in [7, 11) is 0. The molecule has 86 valence electrons. The third-order valence-electron chi connectivity index (χ3n) is 5.05. The molecule has 1 aromatic heterocycles. The maximum absolute atomic E-state index is 4.75. The van der Waals surface area contributed by atoms with Crippen LogP contribution in [0.3, 0.4) is 0 Å². The SMILES string of the molecule is C[C@@H]1Cc2c(ncc3c2C[C@H](C)[C@@H]3C)[C@@H]1C. The van der Waals surface area contributed by atoms with Gasteiger partial charge in [-0.25, -0.2) is 0 Å². The summed E-state index contributed by atoms with van der Waals surface area (Å²) < 4.78 is 0. The lowest BCUT2D eigenvalue weighted by Crippen LogP contribution is -2.00. The predicted octanol–water partition coefficient (Wildman–Crippen LogP) is 3.67. The predicted molar refractivity (Wildman–Crippen MR) is 66.8 cm³/mol. The molecule has 0 aromatic carbocycles. The summed E-state index contributed by atoms with van der Waals surface area (Å²) in [6, 6.07) is 0. The van der Waals surface area contributed by atoms with Gasteiger partial charge in [0.05, 0.1) is 0 Å². The number of hydrogen-bond donors (Lipinski definition) is 0. The molecule has 4 atom stereocenters. The molecular weight excluding hydrogens is 194 g/mol. The number of fused-ring (bicyclic) bond motifs is 3. The molecule has 2 aliphatic carbocycles. The van der Waals surface area contributed by atoms with Crippen molar-refractivity contribution in [1.82, 2.24) is 4.98 Å². The van der Waals surface area contributed by atoms with E-state index in [0.717, 1.165) is 11.8 Å². The fraction of sp³-hybridized carbons (Fsp3) is 0.667. The van der Waals surface area contributed by atoms with Crippen LogP contribution >= 0.6 is 0 Å². The van der Waals surface area contributed by atoms with Crippen molar-refractivity contribution in [3.05, 3.63) is 28.6 Å². The lowest BCUT2D eigenvalue weighted by Gasteiger charge is -2.11. The standard InChI is InChI=1S/C15H21N/c1-8-5-12-13-6-9(2)11(4)15(13)16-7-14(12)10(8)3/h7-11H,5-6H2,1-4H3/t8-,9+,10-,11+/m0/s1. The van der Waals surface area contributed by atoms with Gasteiger partial charge < -0.3 is 0 Å². The van der Waals surface area contributed by atoms with Gasteiger partial charge in [0.2, 0.25) is 0 Å². The highest BCUT2D eigenvalue weighted by Gasteiger charge is 2.35. The lowest BCUT2D eigenvalue weighted by molar-refractivity contribution is 0.519. The van der Waals surface area contributed by atoms with Crippen LogP contribution in [0.2, 0.25) is 0 Å². The summed E-state index contributed by atoms with van der Waals surface area (Å²) in [5.74, 6) is 2.94. The first kappa shape index (κ1) is 10.3. The van der Waals surface area contributed by atoms with Crippen molar-refractivity contribution in [1.29, 1.82) is 0 Å². The number of rotatable bonds is 0. The molecule has 1 nitrogen and oxygen atoms in total. The monoisotopic (exact) mass is 215 g/mol. The fourth-order valence-corrected chi connectivity index (χ4v) is 3.45. The van der Waals surface area contributed by atoms with Crippen molar-refractivity contribution in [2.45, 2.75) is 52.4 Å². The summed E-state index contributed by atoms with van der Waals surface area (Å²) in [6.45, 7) is 9.42. The molecule has 1 heteroatoms. The molecule has 0 bridgehead atoms. The van der Waals surface area contributed by atoms with E-state index in [2.05, 4.69) is 33.9 Å². The average Bonchev–Trinajstić information content (AvgIpc) is 2.70. The summed E-state index contributed by atoms with van der Waals surface area (Å²) in [4.78, 5) is 4.75. The zero-order chi connectivity index (χ0) is 11.4. The van der Waals surface area contributed by atoms with Crippen molar-refractivity contribution in [3.63, 3.8) is 0 Å². The molecule has 0 amide bonds. The summed E-state index contributed by atoms with van der Waals surface area (Å²) >= 11 is 0. The van der Waals surface area contributed by atoms with E-state index in [-0.39, 0.29) is 0 Å². The molecule has 1 aromatic rings. The quantitative estimate of drug-likeness (QED) is 0.643. The fourth-order valence-electron chi connectivity index (χ4n) is 3.45. The second-order valence-electron chi connectivity index (χ2n) is 6.00. The van der Waals surface area contributed by atoms with Crippen LogP contribution in [0, 0.1) is 11.8 Å². The van der Waals surface area contributed by atoms with E-state index in [4.69, 9.17) is 4.98 Å². The van der Waals surface area contributed by atoms with E-state index in [9.17, 15) is 0 Å². The Balaban J connectivity index is 2.14. The van der Waals surface area contributed by atoms with E-state index in [1.54, 1.807) is 11.1 Å². The van der Waals surface area contributed by atoms with Gasteiger partial charge in [0.15, 0.2) is 0 Å². The first-order chi connectivity index (χ1) is 7.59. The third kappa shape index (κ3) is 1.20. The molecule has 0 spiro atoms. The Morgan fingerprint density at radius 3 is 2.31 bits per heavy atom. The van der Waals surface area contributed by atoms with Crippen LogP contribution in [0.5, 0.6) is 0 Å². The number of hydrogen-bond acceptors (Lipinski definition) is 1. The molecule has 2 aliphatic rings. The number of pyridine rings is 1. The van der Waals surface area contributed by atoms with Crippen LogP contribution in [0.4, 0.5) is 0 Å².